The molecule has 0 bridgehead atoms. The number of carbonyl (C=O) groups excluding carboxylic acids is 1. The molecule has 1 aromatic heterocycles. The van der Waals surface area contributed by atoms with Gasteiger partial charge in [-0.25, -0.2) is 9.78 Å². The van der Waals surface area contributed by atoms with Gasteiger partial charge in [-0.2, -0.15) is 0 Å². The smallest absolute Gasteiger partial charge is 0.335 e. The fraction of sp³-hybridized carbons (Fsp3) is 0.409. The van der Waals surface area contributed by atoms with E-state index in [2.05, 4.69) is 34.4 Å². The third-order valence-electron chi connectivity index (χ3n) is 5.44. The summed E-state index contributed by atoms with van der Waals surface area (Å²) in [5, 5.41) is 15.9. The van der Waals surface area contributed by atoms with Gasteiger partial charge in [0.25, 0.3) is 5.91 Å². The first-order valence-corrected chi connectivity index (χ1v) is 10.5. The molecule has 1 aromatic carbocycles. The average Bonchev–Trinajstić information content (AvgIpc) is 2.73. The number of aromatic nitrogens is 1. The Morgan fingerprint density at radius 1 is 1.23 bits per heavy atom. The van der Waals surface area contributed by atoms with E-state index in [0.29, 0.717) is 40.6 Å². The first-order valence-electron chi connectivity index (χ1n) is 10.1. The molecule has 0 spiro atoms. The van der Waals surface area contributed by atoms with Crippen LogP contribution in [0.5, 0.6) is 0 Å². The highest BCUT2D eigenvalue weighted by atomic mass is 35.5. The number of halogens is 2. The van der Waals surface area contributed by atoms with Crippen molar-refractivity contribution < 1.29 is 14.7 Å². The number of benzene rings is 1. The van der Waals surface area contributed by atoms with Crippen LogP contribution >= 0.6 is 24.0 Å². The molecule has 0 atom stereocenters. The van der Waals surface area contributed by atoms with E-state index in [1.54, 1.807) is 12.1 Å². The average molecular weight is 467 g/mol. The number of carboxylic acid groups (broad SMARTS) is 1. The summed E-state index contributed by atoms with van der Waals surface area (Å²) in [4.78, 5) is 30.7. The second kappa shape index (κ2) is 11.3. The summed E-state index contributed by atoms with van der Waals surface area (Å²) >= 11 is 5.83. The van der Waals surface area contributed by atoms with Crippen molar-refractivity contribution in [2.45, 2.75) is 32.7 Å². The Labute approximate surface area is 193 Å². The number of carbonyl (C=O) groups is 2. The van der Waals surface area contributed by atoms with Gasteiger partial charge in [-0.3, -0.25) is 4.79 Å². The molecule has 7 nitrogen and oxygen atoms in total. The molecule has 31 heavy (non-hydrogen) atoms. The molecule has 2 aromatic rings. The van der Waals surface area contributed by atoms with Crippen LogP contribution in [0.1, 0.15) is 47.4 Å². The van der Waals surface area contributed by atoms with E-state index in [1.165, 1.54) is 24.4 Å². The van der Waals surface area contributed by atoms with E-state index in [9.17, 15) is 14.7 Å². The van der Waals surface area contributed by atoms with E-state index >= 15 is 0 Å². The number of aromatic carboxylic acids is 1. The van der Waals surface area contributed by atoms with E-state index in [-0.39, 0.29) is 23.9 Å². The number of nitrogens with zero attached hydrogens (tertiary/aromatic N) is 2. The number of likely N-dealkylation sites (tertiary alicyclic amines) is 1. The Morgan fingerprint density at radius 3 is 2.52 bits per heavy atom. The van der Waals surface area contributed by atoms with Crippen LogP contribution in [0.15, 0.2) is 36.5 Å². The Morgan fingerprint density at radius 2 is 1.94 bits per heavy atom. The monoisotopic (exact) mass is 466 g/mol. The highest BCUT2D eigenvalue weighted by molar-refractivity contribution is 6.30. The van der Waals surface area contributed by atoms with Crippen molar-refractivity contribution >= 4 is 47.4 Å². The summed E-state index contributed by atoms with van der Waals surface area (Å²) in [6, 6.07) is 8.26. The van der Waals surface area contributed by atoms with Crippen molar-refractivity contribution in [3.63, 3.8) is 0 Å². The molecule has 0 radical (unpaired) electrons. The maximum Gasteiger partial charge on any atom is 0.335 e. The van der Waals surface area contributed by atoms with Gasteiger partial charge in [0, 0.05) is 24.5 Å². The molecule has 0 unspecified atom stereocenters. The third kappa shape index (κ3) is 6.82. The summed E-state index contributed by atoms with van der Waals surface area (Å²) in [7, 11) is 0. The number of pyridine rings is 1. The molecule has 1 saturated heterocycles. The van der Waals surface area contributed by atoms with Gasteiger partial charge in [0.2, 0.25) is 0 Å². The van der Waals surface area contributed by atoms with Crippen molar-refractivity contribution in [2.24, 2.45) is 5.92 Å². The summed E-state index contributed by atoms with van der Waals surface area (Å²) in [5.74, 6) is -0.547. The van der Waals surface area contributed by atoms with E-state index < -0.39 is 5.97 Å². The summed E-state index contributed by atoms with van der Waals surface area (Å²) in [5.41, 5.74) is 1.01. The van der Waals surface area contributed by atoms with Gasteiger partial charge in [-0.05, 0) is 76.0 Å². The topological polar surface area (TPSA) is 94.6 Å². The molecule has 1 fully saturated rings. The second-order valence-electron chi connectivity index (χ2n) is 7.84. The zero-order valence-electron chi connectivity index (χ0n) is 17.6. The molecule has 0 saturated carbocycles. The number of rotatable bonds is 7. The van der Waals surface area contributed by atoms with Crippen molar-refractivity contribution in [3.05, 3.63) is 52.7 Å². The number of nitrogens with one attached hydrogen (secondary N) is 2. The fourth-order valence-corrected chi connectivity index (χ4v) is 3.69. The Hall–Kier alpha value is -2.35. The lowest BCUT2D eigenvalue weighted by atomic mass is 9.95. The maximum absolute atomic E-state index is 12.8. The molecule has 3 rings (SSSR count). The Balaban J connectivity index is 0.00000341. The van der Waals surface area contributed by atoms with Gasteiger partial charge in [-0.15, -0.1) is 12.4 Å². The molecule has 1 aliphatic rings. The van der Waals surface area contributed by atoms with Crippen molar-refractivity contribution in [1.29, 1.82) is 0 Å². The van der Waals surface area contributed by atoms with Crippen LogP contribution in [0.2, 0.25) is 5.02 Å². The number of hydrogen-bond donors (Lipinski definition) is 3. The van der Waals surface area contributed by atoms with Gasteiger partial charge >= 0.3 is 5.97 Å². The lowest BCUT2D eigenvalue weighted by molar-refractivity contribution is 0.0696. The van der Waals surface area contributed by atoms with Crippen LogP contribution in [-0.4, -0.2) is 52.5 Å². The van der Waals surface area contributed by atoms with Crippen LogP contribution in [0.3, 0.4) is 0 Å². The molecule has 1 amide bonds. The number of amides is 1. The molecular formula is C22H28Cl2N4O3. The molecule has 1 aliphatic heterocycles. The van der Waals surface area contributed by atoms with E-state index in [0.717, 1.165) is 25.9 Å². The minimum atomic E-state index is -1.03. The minimum Gasteiger partial charge on any atom is -0.478 e. The molecule has 168 valence electrons. The van der Waals surface area contributed by atoms with Gasteiger partial charge in [-0.1, -0.05) is 11.6 Å². The van der Waals surface area contributed by atoms with E-state index in [4.69, 9.17) is 11.6 Å². The van der Waals surface area contributed by atoms with Gasteiger partial charge in [0.15, 0.2) is 0 Å². The van der Waals surface area contributed by atoms with Crippen molar-refractivity contribution in [2.75, 3.05) is 30.3 Å². The zero-order valence-corrected chi connectivity index (χ0v) is 19.2. The molecule has 3 N–H and O–H groups in total. The first kappa shape index (κ1) is 24.9. The normalized spacial score (nSPS) is 14.7. The standard InChI is InChI=1S/C22H27ClN4O3.ClH/c1-14(2)27-9-7-15(8-10-27)12-24-19-11-16(22(29)30)3-5-18(19)21(28)26-20-6-4-17(23)13-25-20;/h3-6,11,13-15,24H,7-10,12H2,1-2H3,(H,29,30)(H,25,26,28);1H. The summed E-state index contributed by atoms with van der Waals surface area (Å²) in [6.45, 7) is 7.20. The predicted molar refractivity (Wildman–Crippen MR) is 126 cm³/mol. The van der Waals surface area contributed by atoms with Crippen LogP contribution in [0.25, 0.3) is 0 Å². The number of hydrogen-bond acceptors (Lipinski definition) is 5. The summed E-state index contributed by atoms with van der Waals surface area (Å²) in [6.07, 6.45) is 3.59. The minimum absolute atomic E-state index is 0. The van der Waals surface area contributed by atoms with Gasteiger partial charge < -0.3 is 20.6 Å². The fourth-order valence-electron chi connectivity index (χ4n) is 3.58. The zero-order chi connectivity index (χ0) is 21.7. The van der Waals surface area contributed by atoms with Crippen LogP contribution < -0.4 is 10.6 Å². The van der Waals surface area contributed by atoms with Gasteiger partial charge in [0.1, 0.15) is 5.82 Å². The molecular weight excluding hydrogens is 439 g/mol. The molecule has 9 heteroatoms. The Bertz CT molecular complexity index is 898. The lowest BCUT2D eigenvalue weighted by Gasteiger charge is -2.34. The summed E-state index contributed by atoms with van der Waals surface area (Å²) < 4.78 is 0. The van der Waals surface area contributed by atoms with Gasteiger partial charge in [0.05, 0.1) is 16.1 Å². The quantitative estimate of drug-likeness (QED) is 0.549. The van der Waals surface area contributed by atoms with Crippen molar-refractivity contribution in [3.8, 4) is 0 Å². The SMILES string of the molecule is CC(C)N1CCC(CNc2cc(C(=O)O)ccc2C(=O)Nc2ccc(Cl)cn2)CC1.Cl. The highest BCUT2D eigenvalue weighted by Gasteiger charge is 2.22. The maximum atomic E-state index is 12.8. The first-order chi connectivity index (χ1) is 14.3. The van der Waals surface area contributed by atoms with Crippen LogP contribution in [0, 0.1) is 5.92 Å². The highest BCUT2D eigenvalue weighted by Crippen LogP contribution is 2.23. The lowest BCUT2D eigenvalue weighted by Crippen LogP contribution is -2.39. The van der Waals surface area contributed by atoms with Crippen molar-refractivity contribution in [1.82, 2.24) is 9.88 Å². The Kier molecular flexibility index (Phi) is 9.10. The number of carboxylic acids is 1. The largest absolute Gasteiger partial charge is 0.478 e. The van der Waals surface area contributed by atoms with E-state index in [1.807, 2.05) is 0 Å². The van der Waals surface area contributed by atoms with Crippen LogP contribution in [0.4, 0.5) is 11.5 Å². The number of anilines is 2. The number of piperidine rings is 1. The third-order valence-corrected chi connectivity index (χ3v) is 5.66. The van der Waals surface area contributed by atoms with Crippen LogP contribution in [-0.2, 0) is 0 Å². The second-order valence-corrected chi connectivity index (χ2v) is 8.27. The molecule has 2 heterocycles. The predicted octanol–water partition coefficient (Wildman–Crippen LogP) is 4.64. The molecule has 0 aliphatic carbocycles.